The van der Waals surface area contributed by atoms with E-state index in [1.54, 1.807) is 18.2 Å². The summed E-state index contributed by atoms with van der Waals surface area (Å²) in [5.74, 6) is 2.59. The molecule has 0 fully saturated rings. The van der Waals surface area contributed by atoms with Crippen molar-refractivity contribution in [3.05, 3.63) is 126 Å². The maximum absolute atomic E-state index is 6.23. The fourth-order valence-electron chi connectivity index (χ4n) is 4.40. The maximum Gasteiger partial charge on any atom is 0.127 e. The van der Waals surface area contributed by atoms with Crippen molar-refractivity contribution >= 4 is 0 Å². The molecule has 3 heteroatoms. The minimum absolute atomic E-state index is 0.439. The maximum atomic E-state index is 6.23. The van der Waals surface area contributed by atoms with Gasteiger partial charge in [-0.05, 0) is 67.6 Å². The molecule has 182 valence electrons. The lowest BCUT2D eigenvalue weighted by molar-refractivity contribution is 0.351. The summed E-state index contributed by atoms with van der Waals surface area (Å²) in [7, 11) is 0. The standard InChI is InChI=1S/C32H36O3/c1-8-18-33-29-16-14-26(21-24(29)5)32(7,27-15-17-30(25(6)22-27)34-19-9-2)28-13-11-12-23(4)31(28)35-20-10-3/h8-17,21-22H,1-3,18-20H2,4-7H3. The van der Waals surface area contributed by atoms with E-state index in [0.717, 1.165) is 50.6 Å². The third-order valence-corrected chi connectivity index (χ3v) is 6.31. The van der Waals surface area contributed by atoms with E-state index in [2.05, 4.69) is 89.9 Å². The van der Waals surface area contributed by atoms with Gasteiger partial charge in [0.1, 0.15) is 37.1 Å². The Hall–Kier alpha value is -3.72. The van der Waals surface area contributed by atoms with Gasteiger partial charge in [-0.2, -0.15) is 0 Å². The second-order valence-corrected chi connectivity index (χ2v) is 8.84. The number of hydrogen-bond donors (Lipinski definition) is 0. The van der Waals surface area contributed by atoms with E-state index in [0.29, 0.717) is 19.8 Å². The summed E-state index contributed by atoms with van der Waals surface area (Å²) in [5, 5.41) is 0. The highest BCUT2D eigenvalue weighted by Gasteiger charge is 2.35. The molecule has 0 spiro atoms. The molecule has 3 aromatic rings. The highest BCUT2D eigenvalue weighted by atomic mass is 16.5. The van der Waals surface area contributed by atoms with Crippen molar-refractivity contribution < 1.29 is 14.2 Å². The summed E-state index contributed by atoms with van der Waals surface area (Å²) in [5.41, 5.74) is 6.12. The molecule has 0 aliphatic carbocycles. The molecular formula is C32H36O3. The van der Waals surface area contributed by atoms with Gasteiger partial charge in [0.15, 0.2) is 0 Å². The molecule has 0 aliphatic rings. The van der Waals surface area contributed by atoms with Crippen LogP contribution < -0.4 is 14.2 Å². The van der Waals surface area contributed by atoms with Gasteiger partial charge in [-0.3, -0.25) is 0 Å². The smallest absolute Gasteiger partial charge is 0.127 e. The van der Waals surface area contributed by atoms with Crippen molar-refractivity contribution in [1.29, 1.82) is 0 Å². The molecule has 0 heterocycles. The van der Waals surface area contributed by atoms with Gasteiger partial charge in [0.2, 0.25) is 0 Å². The minimum atomic E-state index is -0.494. The quantitative estimate of drug-likeness (QED) is 0.202. The number of ether oxygens (including phenoxy) is 3. The van der Waals surface area contributed by atoms with Gasteiger partial charge in [-0.1, -0.05) is 80.4 Å². The molecule has 0 atom stereocenters. The highest BCUT2D eigenvalue weighted by Crippen LogP contribution is 2.45. The first-order valence-corrected chi connectivity index (χ1v) is 11.9. The van der Waals surface area contributed by atoms with Crippen LogP contribution in [0.5, 0.6) is 17.2 Å². The molecule has 0 N–H and O–H groups in total. The van der Waals surface area contributed by atoms with Crippen LogP contribution in [-0.2, 0) is 5.41 Å². The fourth-order valence-corrected chi connectivity index (χ4v) is 4.40. The van der Waals surface area contributed by atoms with E-state index in [1.165, 1.54) is 0 Å². The van der Waals surface area contributed by atoms with Gasteiger partial charge in [0, 0.05) is 11.0 Å². The van der Waals surface area contributed by atoms with Crippen LogP contribution in [0, 0.1) is 20.8 Å². The molecule has 3 rings (SSSR count). The van der Waals surface area contributed by atoms with Crippen LogP contribution in [-0.4, -0.2) is 19.8 Å². The van der Waals surface area contributed by atoms with E-state index in [9.17, 15) is 0 Å². The predicted molar refractivity (Wildman–Crippen MR) is 146 cm³/mol. The minimum Gasteiger partial charge on any atom is -0.489 e. The first-order chi connectivity index (χ1) is 16.9. The normalized spacial score (nSPS) is 11.0. The molecule has 0 saturated heterocycles. The van der Waals surface area contributed by atoms with Gasteiger partial charge in [-0.15, -0.1) is 0 Å². The van der Waals surface area contributed by atoms with Gasteiger partial charge in [0.05, 0.1) is 0 Å². The predicted octanol–water partition coefficient (Wildman–Crippen LogP) is 7.66. The SMILES string of the molecule is C=CCOc1ccc(C(C)(c2ccc(OCC=C)c(C)c2)c2cccc(C)c2OCC=C)cc1C. The summed E-state index contributed by atoms with van der Waals surface area (Å²) >= 11 is 0. The number of para-hydroxylation sites is 1. The van der Waals surface area contributed by atoms with E-state index in [-0.39, 0.29) is 0 Å². The molecule has 35 heavy (non-hydrogen) atoms. The lowest BCUT2D eigenvalue weighted by Crippen LogP contribution is -2.27. The Balaban J connectivity index is 2.25. The van der Waals surface area contributed by atoms with Crippen molar-refractivity contribution in [1.82, 2.24) is 0 Å². The van der Waals surface area contributed by atoms with Crippen LogP contribution in [0.1, 0.15) is 40.3 Å². The molecule has 0 aliphatic heterocycles. The molecule has 0 amide bonds. The van der Waals surface area contributed by atoms with E-state index < -0.39 is 5.41 Å². The van der Waals surface area contributed by atoms with Crippen molar-refractivity contribution in [3.8, 4) is 17.2 Å². The first kappa shape index (κ1) is 25.9. The van der Waals surface area contributed by atoms with Crippen molar-refractivity contribution in [2.75, 3.05) is 19.8 Å². The Labute approximate surface area is 210 Å². The monoisotopic (exact) mass is 468 g/mol. The van der Waals surface area contributed by atoms with Gasteiger partial charge in [-0.25, -0.2) is 0 Å². The van der Waals surface area contributed by atoms with Crippen molar-refractivity contribution in [2.45, 2.75) is 33.1 Å². The van der Waals surface area contributed by atoms with Crippen LogP contribution in [0.15, 0.2) is 92.6 Å². The van der Waals surface area contributed by atoms with Crippen LogP contribution in [0.25, 0.3) is 0 Å². The Morgan fingerprint density at radius 3 is 1.60 bits per heavy atom. The molecule has 0 bridgehead atoms. The summed E-state index contributed by atoms with van der Waals surface area (Å²) in [4.78, 5) is 0. The zero-order chi connectivity index (χ0) is 25.4. The van der Waals surface area contributed by atoms with E-state index in [4.69, 9.17) is 14.2 Å². The number of rotatable bonds is 12. The fraction of sp³-hybridized carbons (Fsp3) is 0.250. The lowest BCUT2D eigenvalue weighted by Gasteiger charge is -2.34. The zero-order valence-electron chi connectivity index (χ0n) is 21.4. The van der Waals surface area contributed by atoms with Crippen LogP contribution >= 0.6 is 0 Å². The Morgan fingerprint density at radius 1 is 0.657 bits per heavy atom. The summed E-state index contributed by atoms with van der Waals surface area (Å²) in [6.45, 7) is 21.2. The molecular weight excluding hydrogens is 432 g/mol. The topological polar surface area (TPSA) is 27.7 Å². The van der Waals surface area contributed by atoms with Crippen LogP contribution in [0.3, 0.4) is 0 Å². The largest absolute Gasteiger partial charge is 0.489 e. The Bertz CT molecular complexity index is 1140. The van der Waals surface area contributed by atoms with Crippen molar-refractivity contribution in [2.24, 2.45) is 0 Å². The van der Waals surface area contributed by atoms with E-state index >= 15 is 0 Å². The summed E-state index contributed by atoms with van der Waals surface area (Å²) in [6, 6.07) is 19.1. The summed E-state index contributed by atoms with van der Waals surface area (Å²) < 4.78 is 17.9. The van der Waals surface area contributed by atoms with Crippen LogP contribution in [0.4, 0.5) is 0 Å². The molecule has 0 saturated carbocycles. The third-order valence-electron chi connectivity index (χ3n) is 6.31. The van der Waals surface area contributed by atoms with Gasteiger partial charge < -0.3 is 14.2 Å². The van der Waals surface area contributed by atoms with Crippen molar-refractivity contribution in [3.63, 3.8) is 0 Å². The number of aryl methyl sites for hydroxylation is 3. The number of benzene rings is 3. The Morgan fingerprint density at radius 2 is 1.14 bits per heavy atom. The second kappa shape index (κ2) is 11.6. The molecule has 0 radical (unpaired) electrons. The molecule has 0 aromatic heterocycles. The third kappa shape index (κ3) is 5.51. The van der Waals surface area contributed by atoms with Crippen LogP contribution in [0.2, 0.25) is 0 Å². The highest BCUT2D eigenvalue weighted by molar-refractivity contribution is 5.59. The average molecular weight is 469 g/mol. The summed E-state index contributed by atoms with van der Waals surface area (Å²) in [6.07, 6.45) is 5.29. The lowest BCUT2D eigenvalue weighted by atomic mass is 9.69. The number of hydrogen-bond acceptors (Lipinski definition) is 3. The van der Waals surface area contributed by atoms with Gasteiger partial charge in [0.25, 0.3) is 0 Å². The molecule has 3 nitrogen and oxygen atoms in total. The Kier molecular flexibility index (Phi) is 8.59. The zero-order valence-corrected chi connectivity index (χ0v) is 21.4. The van der Waals surface area contributed by atoms with Gasteiger partial charge >= 0.3 is 0 Å². The molecule has 3 aromatic carbocycles. The van der Waals surface area contributed by atoms with E-state index in [1.807, 2.05) is 12.1 Å². The molecule has 0 unspecified atom stereocenters. The second-order valence-electron chi connectivity index (χ2n) is 8.84. The average Bonchev–Trinajstić information content (AvgIpc) is 2.86. The first-order valence-electron chi connectivity index (χ1n) is 11.9.